The van der Waals surface area contributed by atoms with E-state index in [2.05, 4.69) is 31.9 Å². The van der Waals surface area contributed by atoms with Gasteiger partial charge >= 0.3 is 12.2 Å². The molecule has 34 heavy (non-hydrogen) atoms. The van der Waals surface area contributed by atoms with Crippen LogP contribution in [-0.4, -0.2) is 36.9 Å². The fraction of sp³-hybridized carbons (Fsp3) is 0.364. The monoisotopic (exact) mass is 563 g/mol. The van der Waals surface area contributed by atoms with E-state index in [1.54, 1.807) is 0 Å². The Morgan fingerprint density at radius 1 is 1.29 bits per heavy atom. The van der Waals surface area contributed by atoms with E-state index >= 15 is 0 Å². The Bertz CT molecular complexity index is 1140. The average Bonchev–Trinajstić information content (AvgIpc) is 3.05. The molecule has 182 valence electrons. The molecule has 2 aliphatic rings. The van der Waals surface area contributed by atoms with Gasteiger partial charge < -0.3 is 20.7 Å². The number of carbonyl (C=O) groups excluding carboxylic acids is 2. The minimum absolute atomic E-state index is 0.0953. The molecule has 1 saturated heterocycles. The SMILES string of the molecule is O=C(Nc1cc(Br)cc2c1[C@@H](c1cc(F)ccc1Cl)NC2=O)N[C@]1(CC(F)(F)F)CCCOC1. The smallest absolute Gasteiger partial charge is 0.379 e. The molecule has 2 heterocycles. The summed E-state index contributed by atoms with van der Waals surface area (Å²) in [5.74, 6) is -1.04. The number of fused-ring (bicyclic) bond motifs is 1. The zero-order chi connectivity index (χ0) is 24.7. The quantitative estimate of drug-likeness (QED) is 0.417. The Kier molecular flexibility index (Phi) is 6.80. The molecule has 3 amide bonds. The minimum Gasteiger partial charge on any atom is -0.379 e. The highest BCUT2D eigenvalue weighted by molar-refractivity contribution is 9.10. The van der Waals surface area contributed by atoms with Gasteiger partial charge in [-0.3, -0.25) is 4.79 Å². The molecule has 0 aliphatic carbocycles. The summed E-state index contributed by atoms with van der Waals surface area (Å²) in [5, 5.41) is 7.90. The Labute approximate surface area is 205 Å². The number of rotatable bonds is 4. The molecular weight excluding hydrogens is 546 g/mol. The maximum atomic E-state index is 13.9. The van der Waals surface area contributed by atoms with Crippen LogP contribution in [0.4, 0.5) is 28.0 Å². The number of hydrogen-bond acceptors (Lipinski definition) is 3. The summed E-state index contributed by atoms with van der Waals surface area (Å²) in [6.45, 7) is 0.0317. The van der Waals surface area contributed by atoms with Gasteiger partial charge in [-0.1, -0.05) is 27.5 Å². The zero-order valence-electron chi connectivity index (χ0n) is 17.5. The number of carbonyl (C=O) groups is 2. The van der Waals surface area contributed by atoms with E-state index in [0.717, 1.165) is 0 Å². The Hall–Kier alpha value is -2.37. The van der Waals surface area contributed by atoms with Crippen molar-refractivity contribution in [2.45, 2.75) is 37.0 Å². The first-order valence-corrected chi connectivity index (χ1v) is 11.5. The highest BCUT2D eigenvalue weighted by atomic mass is 79.9. The molecule has 2 aromatic rings. The summed E-state index contributed by atoms with van der Waals surface area (Å²) < 4.78 is 59.3. The van der Waals surface area contributed by atoms with Gasteiger partial charge in [0, 0.05) is 38.5 Å². The third kappa shape index (κ3) is 5.31. The maximum Gasteiger partial charge on any atom is 0.391 e. The van der Waals surface area contributed by atoms with Gasteiger partial charge in [0.15, 0.2) is 0 Å². The zero-order valence-corrected chi connectivity index (χ0v) is 19.8. The van der Waals surface area contributed by atoms with Crippen LogP contribution in [0.25, 0.3) is 0 Å². The van der Waals surface area contributed by atoms with Crippen LogP contribution in [0.5, 0.6) is 0 Å². The summed E-state index contributed by atoms with van der Waals surface area (Å²) in [4.78, 5) is 25.5. The number of amides is 3. The van der Waals surface area contributed by atoms with Crippen LogP contribution in [-0.2, 0) is 4.74 Å². The van der Waals surface area contributed by atoms with E-state index in [4.69, 9.17) is 16.3 Å². The Morgan fingerprint density at radius 3 is 2.74 bits per heavy atom. The predicted octanol–water partition coefficient (Wildman–Crippen LogP) is 5.70. The third-order valence-corrected chi connectivity index (χ3v) is 6.51. The van der Waals surface area contributed by atoms with Gasteiger partial charge in [0.25, 0.3) is 5.91 Å². The lowest BCUT2D eigenvalue weighted by atomic mass is 9.88. The van der Waals surface area contributed by atoms with E-state index in [1.165, 1.54) is 30.3 Å². The number of benzene rings is 2. The number of anilines is 1. The van der Waals surface area contributed by atoms with Crippen molar-refractivity contribution in [1.82, 2.24) is 10.6 Å². The molecule has 4 rings (SSSR count). The first kappa shape index (κ1) is 24.7. The van der Waals surface area contributed by atoms with Gasteiger partial charge in [-0.25, -0.2) is 9.18 Å². The number of halogens is 6. The summed E-state index contributed by atoms with van der Waals surface area (Å²) in [6.07, 6.45) is -5.30. The fourth-order valence-electron chi connectivity index (χ4n) is 4.38. The summed E-state index contributed by atoms with van der Waals surface area (Å²) in [5.41, 5.74) is -0.658. The highest BCUT2D eigenvalue weighted by Gasteiger charge is 2.45. The number of alkyl halides is 3. The lowest BCUT2D eigenvalue weighted by molar-refractivity contribution is -0.160. The lowest BCUT2D eigenvalue weighted by Gasteiger charge is -2.38. The Morgan fingerprint density at radius 2 is 2.06 bits per heavy atom. The molecular formula is C22H19BrClF4N3O3. The molecule has 0 spiro atoms. The maximum absolute atomic E-state index is 13.9. The first-order valence-electron chi connectivity index (χ1n) is 10.3. The molecule has 0 bridgehead atoms. The molecule has 0 unspecified atom stereocenters. The van der Waals surface area contributed by atoms with Crippen LogP contribution < -0.4 is 16.0 Å². The number of nitrogens with one attached hydrogen (secondary N) is 3. The van der Waals surface area contributed by atoms with Crippen LogP contribution in [0.3, 0.4) is 0 Å². The van der Waals surface area contributed by atoms with Crippen molar-refractivity contribution in [2.75, 3.05) is 18.5 Å². The third-order valence-electron chi connectivity index (χ3n) is 5.71. The standard InChI is InChI=1S/C22H19BrClF4N3O3/c23-11-6-14-17(18(30-19(14)32)13-8-12(25)2-3-15(13)24)16(7-11)29-20(33)31-21(9-22(26,27)28)4-1-5-34-10-21/h2-3,6-8,18H,1,4-5,9-10H2,(H,30,32)(H2,29,31,33)/t18-,21+/m1/s1. The molecule has 0 aromatic heterocycles. The minimum atomic E-state index is -4.51. The number of hydrogen-bond donors (Lipinski definition) is 3. The molecule has 1 fully saturated rings. The van der Waals surface area contributed by atoms with E-state index in [1.807, 2.05) is 0 Å². The average molecular weight is 565 g/mol. The molecule has 3 N–H and O–H groups in total. The number of urea groups is 1. The van der Waals surface area contributed by atoms with E-state index in [-0.39, 0.29) is 34.9 Å². The van der Waals surface area contributed by atoms with Crippen LogP contribution in [0.15, 0.2) is 34.8 Å². The van der Waals surface area contributed by atoms with Crippen LogP contribution in [0, 0.1) is 5.82 Å². The van der Waals surface area contributed by atoms with Gasteiger partial charge in [0.2, 0.25) is 0 Å². The van der Waals surface area contributed by atoms with Crippen LogP contribution in [0.2, 0.25) is 5.02 Å². The van der Waals surface area contributed by atoms with Crippen molar-refractivity contribution in [3.05, 3.63) is 62.3 Å². The van der Waals surface area contributed by atoms with E-state index in [9.17, 15) is 27.2 Å². The first-order chi connectivity index (χ1) is 16.0. The second-order valence-corrected chi connectivity index (χ2v) is 9.62. The van der Waals surface area contributed by atoms with Crippen LogP contribution in [0.1, 0.15) is 46.8 Å². The van der Waals surface area contributed by atoms with Crippen molar-refractivity contribution in [3.8, 4) is 0 Å². The molecule has 6 nitrogen and oxygen atoms in total. The van der Waals surface area contributed by atoms with Gasteiger partial charge in [-0.2, -0.15) is 13.2 Å². The largest absolute Gasteiger partial charge is 0.391 e. The molecule has 2 atom stereocenters. The van der Waals surface area contributed by atoms with Crippen molar-refractivity contribution < 1.29 is 31.9 Å². The molecule has 0 radical (unpaired) electrons. The van der Waals surface area contributed by atoms with Crippen molar-refractivity contribution in [3.63, 3.8) is 0 Å². The summed E-state index contributed by atoms with van der Waals surface area (Å²) in [6, 6.07) is 4.96. The van der Waals surface area contributed by atoms with Crippen LogP contribution >= 0.6 is 27.5 Å². The normalized spacial score (nSPS) is 22.2. The van der Waals surface area contributed by atoms with Crippen molar-refractivity contribution in [2.24, 2.45) is 0 Å². The molecule has 0 saturated carbocycles. The molecule has 2 aromatic carbocycles. The highest BCUT2D eigenvalue weighted by Crippen LogP contribution is 2.41. The van der Waals surface area contributed by atoms with Gasteiger partial charge in [-0.15, -0.1) is 0 Å². The Balaban J connectivity index is 1.67. The second kappa shape index (κ2) is 9.35. The van der Waals surface area contributed by atoms with Crippen molar-refractivity contribution >= 4 is 45.2 Å². The fourth-order valence-corrected chi connectivity index (χ4v) is 5.07. The summed E-state index contributed by atoms with van der Waals surface area (Å²) in [7, 11) is 0. The lowest BCUT2D eigenvalue weighted by Crippen LogP contribution is -2.57. The van der Waals surface area contributed by atoms with Gasteiger partial charge in [0.05, 0.1) is 24.6 Å². The summed E-state index contributed by atoms with van der Waals surface area (Å²) >= 11 is 9.52. The van der Waals surface area contributed by atoms with Gasteiger partial charge in [-0.05, 0) is 43.2 Å². The number of ether oxygens (including phenoxy) is 1. The second-order valence-electron chi connectivity index (χ2n) is 8.29. The van der Waals surface area contributed by atoms with Crippen molar-refractivity contribution in [1.29, 1.82) is 0 Å². The van der Waals surface area contributed by atoms with E-state index < -0.39 is 41.9 Å². The predicted molar refractivity (Wildman–Crippen MR) is 120 cm³/mol. The van der Waals surface area contributed by atoms with E-state index in [0.29, 0.717) is 23.1 Å². The topological polar surface area (TPSA) is 79.5 Å². The van der Waals surface area contributed by atoms with Gasteiger partial charge in [0.1, 0.15) is 5.82 Å². The molecule has 12 heteroatoms. The molecule has 2 aliphatic heterocycles.